The number of nitrogens with one attached hydrogen (secondary N) is 1. The van der Waals surface area contributed by atoms with Gasteiger partial charge in [-0.15, -0.1) is 0 Å². The van der Waals surface area contributed by atoms with Crippen molar-refractivity contribution in [1.82, 2.24) is 4.72 Å². The number of carbonyl (C=O) groups is 1. The summed E-state index contributed by atoms with van der Waals surface area (Å²) < 4.78 is 34.0. The summed E-state index contributed by atoms with van der Waals surface area (Å²) >= 11 is 0. The number of hydrogen-bond acceptors (Lipinski definition) is 4. The SMILES string of the molecule is COc1ccc(S(=O)(=O)N[C@H]2C[C@@H]3CC[C@@H]2C3)cc1N1CCCC1=O. The zero-order valence-electron chi connectivity index (χ0n) is 14.4. The Balaban J connectivity index is 1.62. The monoisotopic (exact) mass is 364 g/mol. The molecule has 25 heavy (non-hydrogen) atoms. The van der Waals surface area contributed by atoms with E-state index in [0.717, 1.165) is 25.7 Å². The van der Waals surface area contributed by atoms with E-state index in [1.165, 1.54) is 13.5 Å². The second kappa shape index (κ2) is 6.29. The first-order valence-corrected chi connectivity index (χ1v) is 10.5. The number of fused-ring (bicyclic) bond motifs is 2. The third-order valence-corrected chi connectivity index (χ3v) is 7.36. The highest BCUT2D eigenvalue weighted by Crippen LogP contribution is 2.45. The molecule has 2 saturated carbocycles. The van der Waals surface area contributed by atoms with Crippen molar-refractivity contribution in [3.63, 3.8) is 0 Å². The minimum atomic E-state index is -3.60. The molecular weight excluding hydrogens is 340 g/mol. The molecule has 0 aromatic heterocycles. The molecule has 3 atom stereocenters. The fourth-order valence-corrected chi connectivity index (χ4v) is 5.94. The van der Waals surface area contributed by atoms with Gasteiger partial charge in [0.05, 0.1) is 17.7 Å². The maximum absolute atomic E-state index is 12.9. The summed E-state index contributed by atoms with van der Waals surface area (Å²) in [5.74, 6) is 1.67. The minimum Gasteiger partial charge on any atom is -0.495 e. The summed E-state index contributed by atoms with van der Waals surface area (Å²) in [7, 11) is -2.08. The second-order valence-corrected chi connectivity index (χ2v) is 9.10. The molecule has 6 nitrogen and oxygen atoms in total. The maximum Gasteiger partial charge on any atom is 0.240 e. The molecule has 1 aromatic rings. The van der Waals surface area contributed by atoms with Crippen LogP contribution in [0.2, 0.25) is 0 Å². The van der Waals surface area contributed by atoms with Gasteiger partial charge < -0.3 is 9.64 Å². The Morgan fingerprint density at radius 1 is 1.24 bits per heavy atom. The van der Waals surface area contributed by atoms with Gasteiger partial charge in [0, 0.05) is 19.0 Å². The third kappa shape index (κ3) is 3.04. The van der Waals surface area contributed by atoms with Crippen molar-refractivity contribution < 1.29 is 17.9 Å². The largest absolute Gasteiger partial charge is 0.495 e. The zero-order valence-corrected chi connectivity index (χ0v) is 15.2. The molecular formula is C18H24N2O4S. The minimum absolute atomic E-state index is 0.00825. The fraction of sp³-hybridized carbons (Fsp3) is 0.611. The van der Waals surface area contributed by atoms with E-state index in [-0.39, 0.29) is 16.8 Å². The van der Waals surface area contributed by atoms with Gasteiger partial charge in [0.2, 0.25) is 15.9 Å². The summed E-state index contributed by atoms with van der Waals surface area (Å²) in [6, 6.07) is 4.80. The lowest BCUT2D eigenvalue weighted by Gasteiger charge is -2.24. The van der Waals surface area contributed by atoms with E-state index in [2.05, 4.69) is 4.72 Å². The predicted molar refractivity (Wildman–Crippen MR) is 94.1 cm³/mol. The molecule has 2 aliphatic carbocycles. The highest BCUT2D eigenvalue weighted by atomic mass is 32.2. The Morgan fingerprint density at radius 3 is 2.68 bits per heavy atom. The quantitative estimate of drug-likeness (QED) is 0.870. The van der Waals surface area contributed by atoms with Crippen LogP contribution >= 0.6 is 0 Å². The van der Waals surface area contributed by atoms with Crippen molar-refractivity contribution in [1.29, 1.82) is 0 Å². The van der Waals surface area contributed by atoms with E-state index in [0.29, 0.717) is 36.2 Å². The van der Waals surface area contributed by atoms with E-state index in [4.69, 9.17) is 4.74 Å². The number of amides is 1. The van der Waals surface area contributed by atoms with Crippen LogP contribution < -0.4 is 14.4 Å². The summed E-state index contributed by atoms with van der Waals surface area (Å²) in [5, 5.41) is 0. The van der Waals surface area contributed by atoms with Gasteiger partial charge in [0.1, 0.15) is 5.75 Å². The van der Waals surface area contributed by atoms with Crippen LogP contribution in [0.25, 0.3) is 0 Å². The molecule has 1 aromatic carbocycles. The van der Waals surface area contributed by atoms with Gasteiger partial charge in [-0.25, -0.2) is 13.1 Å². The molecule has 0 radical (unpaired) electrons. The molecule has 1 heterocycles. The van der Waals surface area contributed by atoms with Gasteiger partial charge in [-0.05, 0) is 55.7 Å². The molecule has 3 fully saturated rings. The van der Waals surface area contributed by atoms with E-state index in [9.17, 15) is 13.2 Å². The molecule has 2 bridgehead atoms. The Morgan fingerprint density at radius 2 is 2.08 bits per heavy atom. The van der Waals surface area contributed by atoms with E-state index < -0.39 is 10.0 Å². The van der Waals surface area contributed by atoms with Gasteiger partial charge in [0.15, 0.2) is 0 Å². The van der Waals surface area contributed by atoms with Crippen molar-refractivity contribution in [2.45, 2.75) is 49.5 Å². The molecule has 4 rings (SSSR count). The van der Waals surface area contributed by atoms with Crippen molar-refractivity contribution in [2.24, 2.45) is 11.8 Å². The zero-order chi connectivity index (χ0) is 17.6. The molecule has 0 unspecified atom stereocenters. The number of anilines is 1. The van der Waals surface area contributed by atoms with Crippen molar-refractivity contribution in [2.75, 3.05) is 18.6 Å². The van der Waals surface area contributed by atoms with Crippen LogP contribution in [-0.4, -0.2) is 34.0 Å². The predicted octanol–water partition coefficient (Wildman–Crippen LogP) is 2.29. The molecule has 1 amide bonds. The third-order valence-electron chi connectivity index (χ3n) is 5.87. The number of nitrogens with zero attached hydrogens (tertiary/aromatic N) is 1. The normalized spacial score (nSPS) is 28.8. The Kier molecular flexibility index (Phi) is 4.24. The first-order chi connectivity index (χ1) is 12.0. The summed E-state index contributed by atoms with van der Waals surface area (Å²) in [5.41, 5.74) is 0.542. The Labute approximate surface area is 148 Å². The smallest absolute Gasteiger partial charge is 0.240 e. The Hall–Kier alpha value is -1.60. The van der Waals surface area contributed by atoms with Gasteiger partial charge >= 0.3 is 0 Å². The molecule has 7 heteroatoms. The first-order valence-electron chi connectivity index (χ1n) is 8.98. The number of carbonyl (C=O) groups excluding carboxylic acids is 1. The van der Waals surface area contributed by atoms with Crippen LogP contribution in [0, 0.1) is 11.8 Å². The van der Waals surface area contributed by atoms with Crippen LogP contribution in [0.1, 0.15) is 38.5 Å². The average Bonchev–Trinajstić information content (AvgIpc) is 3.30. The van der Waals surface area contributed by atoms with Crippen molar-refractivity contribution >= 4 is 21.6 Å². The lowest BCUT2D eigenvalue weighted by molar-refractivity contribution is -0.117. The summed E-state index contributed by atoms with van der Waals surface area (Å²) in [4.78, 5) is 13.9. The van der Waals surface area contributed by atoms with Crippen molar-refractivity contribution in [3.8, 4) is 5.75 Å². The number of hydrogen-bond donors (Lipinski definition) is 1. The molecule has 1 aliphatic heterocycles. The molecule has 1 saturated heterocycles. The molecule has 0 spiro atoms. The van der Waals surface area contributed by atoms with E-state index in [1.54, 1.807) is 23.1 Å². The number of sulfonamides is 1. The lowest BCUT2D eigenvalue weighted by atomic mass is 9.96. The van der Waals surface area contributed by atoms with Crippen LogP contribution in [0.5, 0.6) is 5.75 Å². The molecule has 136 valence electrons. The topological polar surface area (TPSA) is 75.7 Å². The summed E-state index contributed by atoms with van der Waals surface area (Å²) in [6.07, 6.45) is 5.70. The fourth-order valence-electron chi connectivity index (χ4n) is 4.61. The highest BCUT2D eigenvalue weighted by molar-refractivity contribution is 7.89. The van der Waals surface area contributed by atoms with E-state index >= 15 is 0 Å². The second-order valence-electron chi connectivity index (χ2n) is 7.39. The van der Waals surface area contributed by atoms with Crippen LogP contribution in [0.4, 0.5) is 5.69 Å². The van der Waals surface area contributed by atoms with Crippen LogP contribution in [0.15, 0.2) is 23.1 Å². The van der Waals surface area contributed by atoms with Gasteiger partial charge in [-0.3, -0.25) is 4.79 Å². The highest BCUT2D eigenvalue weighted by Gasteiger charge is 2.41. The Bertz CT molecular complexity index is 792. The standard InChI is InChI=1S/C18H24N2O4S/c1-24-17-7-6-14(11-16(17)20-8-2-3-18(20)21)25(22,23)19-15-10-12-4-5-13(15)9-12/h6-7,11-13,15,19H,2-5,8-10H2,1H3/t12-,13-,15+/m1/s1. The first kappa shape index (κ1) is 16.8. The number of methoxy groups -OCH3 is 1. The average molecular weight is 364 g/mol. The van der Waals surface area contributed by atoms with Gasteiger partial charge in [-0.2, -0.15) is 0 Å². The number of rotatable bonds is 5. The van der Waals surface area contributed by atoms with E-state index in [1.807, 2.05) is 0 Å². The van der Waals surface area contributed by atoms with Crippen molar-refractivity contribution in [3.05, 3.63) is 18.2 Å². The van der Waals surface area contributed by atoms with Gasteiger partial charge in [-0.1, -0.05) is 6.42 Å². The number of ether oxygens (including phenoxy) is 1. The maximum atomic E-state index is 12.9. The molecule has 1 N–H and O–H groups in total. The molecule has 3 aliphatic rings. The lowest BCUT2D eigenvalue weighted by Crippen LogP contribution is -2.38. The van der Waals surface area contributed by atoms with Crippen LogP contribution in [0.3, 0.4) is 0 Å². The van der Waals surface area contributed by atoms with Gasteiger partial charge in [0.25, 0.3) is 0 Å². The summed E-state index contributed by atoms with van der Waals surface area (Å²) in [6.45, 7) is 0.596. The number of benzene rings is 1. The van der Waals surface area contributed by atoms with Crippen LogP contribution in [-0.2, 0) is 14.8 Å².